The van der Waals surface area contributed by atoms with Crippen molar-refractivity contribution in [1.82, 2.24) is 19.5 Å². The van der Waals surface area contributed by atoms with E-state index in [1.807, 2.05) is 24.1 Å². The highest BCUT2D eigenvalue weighted by atomic mass is 35.5. The summed E-state index contributed by atoms with van der Waals surface area (Å²) >= 11 is 6.36. The highest BCUT2D eigenvalue weighted by Gasteiger charge is 2.37. The van der Waals surface area contributed by atoms with Gasteiger partial charge in [0.2, 0.25) is 5.95 Å². The average molecular weight is 409 g/mol. The van der Waals surface area contributed by atoms with E-state index >= 15 is 0 Å². The number of imidazole rings is 1. The average Bonchev–Trinajstić information content (AvgIpc) is 3.22. The van der Waals surface area contributed by atoms with E-state index in [9.17, 15) is 5.11 Å². The van der Waals surface area contributed by atoms with E-state index < -0.39 is 6.10 Å². The van der Waals surface area contributed by atoms with Crippen molar-refractivity contribution in [3.63, 3.8) is 0 Å². The lowest BCUT2D eigenvalue weighted by Gasteiger charge is -2.22. The van der Waals surface area contributed by atoms with Crippen molar-refractivity contribution in [1.29, 1.82) is 0 Å². The van der Waals surface area contributed by atoms with Crippen LogP contribution in [0.15, 0.2) is 36.9 Å². The lowest BCUT2D eigenvalue weighted by molar-refractivity contribution is 0.229. The van der Waals surface area contributed by atoms with Crippen molar-refractivity contribution in [2.24, 2.45) is 7.05 Å². The molecule has 1 unspecified atom stereocenters. The van der Waals surface area contributed by atoms with Gasteiger partial charge in [-0.1, -0.05) is 43.4 Å². The molecule has 0 saturated heterocycles. The fourth-order valence-corrected chi connectivity index (χ4v) is 3.77. The van der Waals surface area contributed by atoms with Crippen LogP contribution in [0, 0.1) is 11.8 Å². The molecule has 148 valence electrons. The highest BCUT2D eigenvalue weighted by molar-refractivity contribution is 6.33. The van der Waals surface area contributed by atoms with Crippen LogP contribution in [-0.2, 0) is 12.5 Å². The van der Waals surface area contributed by atoms with Gasteiger partial charge in [0, 0.05) is 30.3 Å². The second-order valence-corrected chi connectivity index (χ2v) is 8.11. The Morgan fingerprint density at radius 1 is 1.31 bits per heavy atom. The Kier molecular flexibility index (Phi) is 4.69. The molecule has 0 spiro atoms. The van der Waals surface area contributed by atoms with Crippen LogP contribution in [0.2, 0.25) is 5.02 Å². The Morgan fingerprint density at radius 2 is 2.10 bits per heavy atom. The molecule has 1 aliphatic rings. The number of aliphatic hydroxyl groups excluding tert-OH is 1. The van der Waals surface area contributed by atoms with Gasteiger partial charge in [-0.25, -0.2) is 9.97 Å². The number of fused-ring (bicyclic) bond motifs is 1. The zero-order chi connectivity index (χ0) is 20.8. The first-order valence-electron chi connectivity index (χ1n) is 9.12. The Labute approximate surface area is 174 Å². The first-order chi connectivity index (χ1) is 13.8. The van der Waals surface area contributed by atoms with Crippen LogP contribution in [0.3, 0.4) is 0 Å². The van der Waals surface area contributed by atoms with E-state index in [1.54, 1.807) is 17.1 Å². The van der Waals surface area contributed by atoms with E-state index in [0.717, 1.165) is 11.3 Å². The van der Waals surface area contributed by atoms with E-state index in [4.69, 9.17) is 17.3 Å². The minimum absolute atomic E-state index is 0.0987. The van der Waals surface area contributed by atoms with Crippen LogP contribution in [0.25, 0.3) is 0 Å². The maximum atomic E-state index is 10.3. The smallest absolute Gasteiger partial charge is 0.222 e. The predicted octanol–water partition coefficient (Wildman–Crippen LogP) is 2.96. The van der Waals surface area contributed by atoms with E-state index in [1.165, 1.54) is 11.8 Å². The number of anilines is 3. The minimum Gasteiger partial charge on any atom is -0.374 e. The fourth-order valence-electron chi connectivity index (χ4n) is 3.58. The van der Waals surface area contributed by atoms with Gasteiger partial charge in [0.25, 0.3) is 0 Å². The van der Waals surface area contributed by atoms with Gasteiger partial charge in [-0.3, -0.25) is 0 Å². The number of aliphatic hydroxyl groups is 1. The van der Waals surface area contributed by atoms with Gasteiger partial charge in [-0.15, -0.1) is 0 Å². The lowest BCUT2D eigenvalue weighted by Crippen LogP contribution is -2.26. The molecule has 3 N–H and O–H groups in total. The molecule has 2 aromatic heterocycles. The summed E-state index contributed by atoms with van der Waals surface area (Å²) in [7, 11) is 1.82. The van der Waals surface area contributed by atoms with Crippen molar-refractivity contribution in [3.8, 4) is 11.8 Å². The van der Waals surface area contributed by atoms with Crippen LogP contribution in [-0.4, -0.2) is 31.2 Å². The van der Waals surface area contributed by atoms with Crippen molar-refractivity contribution >= 4 is 29.1 Å². The van der Waals surface area contributed by atoms with Crippen molar-refractivity contribution in [2.75, 3.05) is 17.2 Å². The Bertz CT molecular complexity index is 1140. The monoisotopic (exact) mass is 408 g/mol. The number of nitrogens with zero attached hydrogens (tertiary/aromatic N) is 5. The molecule has 1 aromatic carbocycles. The SMILES string of the molecule is Cn1cncc1C(O)C#Cc1ccc2c(c1)N(c1nc(N)ncc1Cl)CC2(C)C. The van der Waals surface area contributed by atoms with Gasteiger partial charge >= 0.3 is 0 Å². The number of nitrogens with two attached hydrogens (primary N) is 1. The Hall–Kier alpha value is -3.08. The first-order valence-corrected chi connectivity index (χ1v) is 9.50. The molecule has 0 amide bonds. The molecule has 7 nitrogen and oxygen atoms in total. The molecule has 0 saturated carbocycles. The molecule has 3 aromatic rings. The molecule has 0 aliphatic carbocycles. The van der Waals surface area contributed by atoms with Crippen LogP contribution in [0.5, 0.6) is 0 Å². The third-order valence-electron chi connectivity index (χ3n) is 5.06. The number of nitrogen functional groups attached to an aromatic ring is 1. The van der Waals surface area contributed by atoms with Crippen molar-refractivity contribution in [3.05, 3.63) is 58.8 Å². The van der Waals surface area contributed by atoms with Crippen LogP contribution in [0.1, 0.15) is 36.8 Å². The minimum atomic E-state index is -0.917. The van der Waals surface area contributed by atoms with Gasteiger partial charge in [0.15, 0.2) is 11.9 Å². The van der Waals surface area contributed by atoms with Crippen molar-refractivity contribution in [2.45, 2.75) is 25.4 Å². The first kappa shape index (κ1) is 19.2. The standard InChI is InChI=1S/C21H21ClN6O/c1-21(2)11-28(19-15(22)9-25-20(23)26-19)16-8-13(4-6-14(16)21)5-7-18(29)17-10-24-12-27(17)3/h4,6,8-10,12,18,29H,11H2,1-3H3,(H2,23,25,26). The number of halogens is 1. The largest absolute Gasteiger partial charge is 0.374 e. The van der Waals surface area contributed by atoms with Gasteiger partial charge in [-0.05, 0) is 17.7 Å². The van der Waals surface area contributed by atoms with E-state index in [0.29, 0.717) is 23.1 Å². The van der Waals surface area contributed by atoms with Crippen molar-refractivity contribution < 1.29 is 5.11 Å². The molecule has 0 radical (unpaired) electrons. The molecule has 3 heterocycles. The maximum absolute atomic E-state index is 10.3. The van der Waals surface area contributed by atoms with Gasteiger partial charge < -0.3 is 20.3 Å². The molecule has 4 rings (SSSR count). The van der Waals surface area contributed by atoms with E-state index in [-0.39, 0.29) is 11.4 Å². The number of hydrogen-bond acceptors (Lipinski definition) is 6. The number of rotatable bonds is 2. The second kappa shape index (κ2) is 7.07. The number of benzene rings is 1. The molecular weight excluding hydrogens is 388 g/mol. The lowest BCUT2D eigenvalue weighted by atomic mass is 9.86. The second-order valence-electron chi connectivity index (χ2n) is 7.70. The third kappa shape index (κ3) is 3.53. The molecule has 0 bridgehead atoms. The summed E-state index contributed by atoms with van der Waals surface area (Å²) in [6.07, 6.45) is 3.83. The summed E-state index contributed by atoms with van der Waals surface area (Å²) in [5.74, 6) is 6.69. The summed E-state index contributed by atoms with van der Waals surface area (Å²) in [4.78, 5) is 14.3. The zero-order valence-electron chi connectivity index (χ0n) is 16.4. The van der Waals surface area contributed by atoms with Crippen LogP contribution in [0.4, 0.5) is 17.5 Å². The Morgan fingerprint density at radius 3 is 2.83 bits per heavy atom. The number of hydrogen-bond donors (Lipinski definition) is 2. The van der Waals surface area contributed by atoms with Crippen LogP contribution < -0.4 is 10.6 Å². The fraction of sp³-hybridized carbons (Fsp3) is 0.286. The van der Waals surface area contributed by atoms with Crippen LogP contribution >= 0.6 is 11.6 Å². The molecule has 1 aliphatic heterocycles. The summed E-state index contributed by atoms with van der Waals surface area (Å²) < 4.78 is 1.74. The predicted molar refractivity (Wildman–Crippen MR) is 113 cm³/mol. The van der Waals surface area contributed by atoms with Gasteiger partial charge in [0.05, 0.1) is 24.4 Å². The summed E-state index contributed by atoms with van der Waals surface area (Å²) in [5, 5.41) is 10.8. The molecule has 29 heavy (non-hydrogen) atoms. The maximum Gasteiger partial charge on any atom is 0.222 e. The number of aryl methyl sites for hydroxylation is 1. The molecular formula is C21H21ClN6O. The summed E-state index contributed by atoms with van der Waals surface area (Å²) in [6.45, 7) is 5.04. The molecule has 0 fully saturated rings. The Balaban J connectivity index is 1.73. The molecule has 1 atom stereocenters. The molecule has 8 heteroatoms. The zero-order valence-corrected chi connectivity index (χ0v) is 17.1. The quantitative estimate of drug-likeness (QED) is 0.633. The summed E-state index contributed by atoms with van der Waals surface area (Å²) in [5.41, 5.74) is 9.25. The summed E-state index contributed by atoms with van der Waals surface area (Å²) in [6, 6.07) is 6.01. The van der Waals surface area contributed by atoms with Gasteiger partial charge in [0.1, 0.15) is 5.02 Å². The topological polar surface area (TPSA) is 93.1 Å². The third-order valence-corrected chi connectivity index (χ3v) is 5.32. The highest BCUT2D eigenvalue weighted by Crippen LogP contribution is 2.45. The van der Waals surface area contributed by atoms with E-state index in [2.05, 4.69) is 46.7 Å². The van der Waals surface area contributed by atoms with Gasteiger partial charge in [-0.2, -0.15) is 4.98 Å². The normalized spacial score (nSPS) is 15.6. The number of aromatic nitrogens is 4.